The Hall–Kier alpha value is -3.50. The number of nitrogens with one attached hydrogen (secondary N) is 2. The molecule has 1 aromatic heterocycles. The third kappa shape index (κ3) is 5.97. The second kappa shape index (κ2) is 11.9. The van der Waals surface area contributed by atoms with Crippen molar-refractivity contribution in [1.29, 1.82) is 0 Å². The van der Waals surface area contributed by atoms with Crippen LogP contribution >= 0.6 is 28.1 Å². The van der Waals surface area contributed by atoms with E-state index in [2.05, 4.69) is 70.4 Å². The molecule has 10 heteroatoms. The maximum Gasteiger partial charge on any atom is 0.257 e. The summed E-state index contributed by atoms with van der Waals surface area (Å²) >= 11 is 8.86. The molecule has 4 aromatic rings. The molecule has 0 atom stereocenters. The summed E-state index contributed by atoms with van der Waals surface area (Å²) in [6, 6.07) is 15.3. The summed E-state index contributed by atoms with van der Waals surface area (Å²) < 4.78 is 6.21. The smallest absolute Gasteiger partial charge is 0.257 e. The number of ether oxygens (including phenoxy) is 1. The Balaban J connectivity index is 1.51. The van der Waals surface area contributed by atoms with Crippen LogP contribution in [0.1, 0.15) is 42.3 Å². The van der Waals surface area contributed by atoms with Crippen LogP contribution in [0.5, 0.6) is 5.75 Å². The lowest BCUT2D eigenvalue weighted by Crippen LogP contribution is -2.34. The maximum absolute atomic E-state index is 12.7. The highest BCUT2D eigenvalue weighted by Crippen LogP contribution is 2.27. The molecule has 0 radical (unpaired) electrons. The van der Waals surface area contributed by atoms with Crippen molar-refractivity contribution in [2.75, 3.05) is 29.9 Å². The highest BCUT2D eigenvalue weighted by atomic mass is 79.9. The van der Waals surface area contributed by atoms with Crippen molar-refractivity contribution in [3.05, 3.63) is 69.7 Å². The van der Waals surface area contributed by atoms with Gasteiger partial charge in [0.1, 0.15) is 16.8 Å². The fraction of sp³-hybridized carbons (Fsp3) is 0.286. The van der Waals surface area contributed by atoms with Crippen molar-refractivity contribution < 1.29 is 9.53 Å². The Bertz CT molecular complexity index is 1500. The van der Waals surface area contributed by atoms with Crippen molar-refractivity contribution in [2.45, 2.75) is 34.6 Å². The summed E-state index contributed by atoms with van der Waals surface area (Å²) in [7, 11) is 0. The Kier molecular flexibility index (Phi) is 8.63. The number of fused-ring (bicyclic) bond motifs is 1. The highest BCUT2D eigenvalue weighted by molar-refractivity contribution is 9.10. The predicted molar refractivity (Wildman–Crippen MR) is 161 cm³/mol. The van der Waals surface area contributed by atoms with Crippen LogP contribution < -0.4 is 20.3 Å². The van der Waals surface area contributed by atoms with Crippen molar-refractivity contribution in [2.24, 2.45) is 0 Å². The number of rotatable bonds is 8. The molecule has 1 heterocycles. The Morgan fingerprint density at radius 2 is 1.71 bits per heavy atom. The number of thiocarbonyl (C=S) groups is 1. The average Bonchev–Trinajstić information content (AvgIpc) is 3.28. The van der Waals surface area contributed by atoms with Crippen molar-refractivity contribution in [3.63, 3.8) is 0 Å². The van der Waals surface area contributed by atoms with Gasteiger partial charge in [0.2, 0.25) is 0 Å². The van der Waals surface area contributed by atoms with E-state index >= 15 is 0 Å². The molecular formula is C28H31BrN6O2S. The first kappa shape index (κ1) is 27.5. The van der Waals surface area contributed by atoms with Gasteiger partial charge >= 0.3 is 0 Å². The van der Waals surface area contributed by atoms with Crippen LogP contribution in [-0.4, -0.2) is 45.7 Å². The number of benzene rings is 3. The quantitative estimate of drug-likeness (QED) is 0.236. The van der Waals surface area contributed by atoms with Gasteiger partial charge in [-0.25, -0.2) is 0 Å². The largest absolute Gasteiger partial charge is 0.493 e. The lowest BCUT2D eigenvalue weighted by molar-refractivity contribution is 0.0977. The first-order valence-corrected chi connectivity index (χ1v) is 13.7. The number of carbonyl (C=O) groups is 1. The molecule has 4 rings (SSSR count). The molecule has 0 saturated carbocycles. The molecule has 8 nitrogen and oxygen atoms in total. The lowest BCUT2D eigenvalue weighted by atomic mass is 10.1. The van der Waals surface area contributed by atoms with E-state index in [0.717, 1.165) is 46.6 Å². The maximum atomic E-state index is 12.7. The second-order valence-corrected chi connectivity index (χ2v) is 10.0. The molecule has 0 aliphatic heterocycles. The van der Waals surface area contributed by atoms with Gasteiger partial charge in [0, 0.05) is 30.0 Å². The molecule has 0 bridgehead atoms. The summed E-state index contributed by atoms with van der Waals surface area (Å²) in [5, 5.41) is 15.5. The van der Waals surface area contributed by atoms with Gasteiger partial charge in [-0.3, -0.25) is 10.1 Å². The SMILES string of the molecule is CCOc1ccc(C(=O)NC(=S)Nc2cc3nn(-c4ccc(N(CC)CC)cc4C)nc3cc2C)cc1Br. The van der Waals surface area contributed by atoms with Crippen LogP contribution in [0.15, 0.2) is 53.0 Å². The van der Waals surface area contributed by atoms with E-state index in [1.165, 1.54) is 5.69 Å². The Labute approximate surface area is 236 Å². The van der Waals surface area contributed by atoms with Gasteiger partial charge in [0.15, 0.2) is 5.11 Å². The summed E-state index contributed by atoms with van der Waals surface area (Å²) in [6.45, 7) is 12.7. The average molecular weight is 596 g/mol. The summed E-state index contributed by atoms with van der Waals surface area (Å²) in [6.07, 6.45) is 0. The highest BCUT2D eigenvalue weighted by Gasteiger charge is 2.14. The molecular weight excluding hydrogens is 564 g/mol. The first-order chi connectivity index (χ1) is 18.2. The van der Waals surface area contributed by atoms with Gasteiger partial charge < -0.3 is 15.0 Å². The number of aromatic nitrogens is 3. The van der Waals surface area contributed by atoms with Crippen molar-refractivity contribution >= 4 is 61.6 Å². The molecule has 198 valence electrons. The van der Waals surface area contributed by atoms with Crippen molar-refractivity contribution in [1.82, 2.24) is 20.3 Å². The zero-order valence-electron chi connectivity index (χ0n) is 22.1. The van der Waals surface area contributed by atoms with Gasteiger partial charge in [0.05, 0.1) is 16.8 Å². The number of hydrogen-bond acceptors (Lipinski definition) is 6. The second-order valence-electron chi connectivity index (χ2n) is 8.77. The molecule has 38 heavy (non-hydrogen) atoms. The van der Waals surface area contributed by atoms with E-state index in [1.807, 2.05) is 26.0 Å². The van der Waals surface area contributed by atoms with Crippen LogP contribution in [0.4, 0.5) is 11.4 Å². The Morgan fingerprint density at radius 3 is 2.34 bits per heavy atom. The summed E-state index contributed by atoms with van der Waals surface area (Å²) in [4.78, 5) is 16.7. The third-order valence-electron chi connectivity index (χ3n) is 6.22. The van der Waals surface area contributed by atoms with Gasteiger partial charge in [-0.2, -0.15) is 4.80 Å². The topological polar surface area (TPSA) is 84.3 Å². The van der Waals surface area contributed by atoms with Crippen molar-refractivity contribution in [3.8, 4) is 11.4 Å². The number of hydrogen-bond donors (Lipinski definition) is 2. The minimum atomic E-state index is -0.320. The zero-order chi connectivity index (χ0) is 27.4. The van der Waals surface area contributed by atoms with E-state index in [1.54, 1.807) is 23.0 Å². The van der Waals surface area contributed by atoms with Crippen LogP contribution in [-0.2, 0) is 0 Å². The molecule has 0 spiro atoms. The fourth-order valence-corrected chi connectivity index (χ4v) is 4.90. The van der Waals surface area contributed by atoms with Gasteiger partial charge in [-0.1, -0.05) is 0 Å². The molecule has 0 saturated heterocycles. The molecule has 0 fully saturated rings. The van der Waals surface area contributed by atoms with Crippen LogP contribution in [0.25, 0.3) is 16.7 Å². The number of nitrogens with zero attached hydrogens (tertiary/aromatic N) is 4. The summed E-state index contributed by atoms with van der Waals surface area (Å²) in [5.74, 6) is 0.358. The van der Waals surface area contributed by atoms with Gasteiger partial charge in [-0.05, 0) is 122 Å². The molecule has 0 unspecified atom stereocenters. The number of carbonyl (C=O) groups excluding carboxylic acids is 1. The third-order valence-corrected chi connectivity index (χ3v) is 7.04. The standard InChI is InChI=1S/C28H31BrN6O2S/c1-6-34(7-2)20-10-11-25(18(5)13-20)35-32-23-14-17(4)22(16-24(23)33-35)30-28(38)31-27(36)19-9-12-26(37-8-3)21(29)15-19/h9-16H,6-8H2,1-5H3,(H2,30,31,36,38). The van der Waals surface area contributed by atoms with E-state index in [9.17, 15) is 4.79 Å². The Morgan fingerprint density at radius 1 is 1.00 bits per heavy atom. The van der Waals surface area contributed by atoms with E-state index < -0.39 is 0 Å². The summed E-state index contributed by atoms with van der Waals surface area (Å²) in [5.41, 5.74) is 6.83. The van der Waals surface area contributed by atoms with Gasteiger partial charge in [-0.15, -0.1) is 10.2 Å². The lowest BCUT2D eigenvalue weighted by Gasteiger charge is -2.22. The number of anilines is 2. The molecule has 1 amide bonds. The number of halogens is 1. The zero-order valence-corrected chi connectivity index (χ0v) is 24.5. The van der Waals surface area contributed by atoms with E-state index in [-0.39, 0.29) is 11.0 Å². The van der Waals surface area contributed by atoms with E-state index in [4.69, 9.17) is 27.2 Å². The fourth-order valence-electron chi connectivity index (χ4n) is 4.20. The molecule has 0 aliphatic rings. The molecule has 0 aliphatic carbocycles. The minimum absolute atomic E-state index is 0.192. The first-order valence-electron chi connectivity index (χ1n) is 12.5. The van der Waals surface area contributed by atoms with Crippen LogP contribution in [0.2, 0.25) is 0 Å². The van der Waals surface area contributed by atoms with Gasteiger partial charge in [0.25, 0.3) is 5.91 Å². The monoisotopic (exact) mass is 594 g/mol. The van der Waals surface area contributed by atoms with Crippen LogP contribution in [0, 0.1) is 13.8 Å². The molecule has 2 N–H and O–H groups in total. The normalized spacial score (nSPS) is 10.9. The van der Waals surface area contributed by atoms with Crippen LogP contribution in [0.3, 0.4) is 0 Å². The number of aryl methyl sites for hydroxylation is 2. The predicted octanol–water partition coefficient (Wildman–Crippen LogP) is 6.17. The number of amides is 1. The van der Waals surface area contributed by atoms with E-state index in [0.29, 0.717) is 22.4 Å². The minimum Gasteiger partial charge on any atom is -0.493 e. The molecule has 3 aromatic carbocycles.